The zero-order chi connectivity index (χ0) is 28.9. The number of nitrogens with zero attached hydrogens (tertiary/aromatic N) is 3. The number of fused-ring (bicyclic) bond motifs is 1. The van der Waals surface area contributed by atoms with E-state index in [1.54, 1.807) is 35.9 Å². The molecule has 1 unspecified atom stereocenters. The Morgan fingerprint density at radius 1 is 1.18 bits per heavy atom. The molecule has 3 rings (SSSR count). The third kappa shape index (κ3) is 7.20. The van der Waals surface area contributed by atoms with Crippen LogP contribution in [0, 0.1) is 5.92 Å². The van der Waals surface area contributed by atoms with Crippen LogP contribution >= 0.6 is 0 Å². The molecule has 1 aliphatic rings. The molecule has 39 heavy (non-hydrogen) atoms. The Morgan fingerprint density at radius 2 is 1.90 bits per heavy atom. The Morgan fingerprint density at radius 3 is 2.46 bits per heavy atom. The van der Waals surface area contributed by atoms with E-state index < -0.39 is 29.4 Å². The van der Waals surface area contributed by atoms with Gasteiger partial charge in [0.05, 0.1) is 29.2 Å². The van der Waals surface area contributed by atoms with Crippen molar-refractivity contribution in [1.82, 2.24) is 15.6 Å². The highest BCUT2D eigenvalue weighted by atomic mass is 16.2. The van der Waals surface area contributed by atoms with Crippen molar-refractivity contribution in [1.29, 1.82) is 0 Å². The van der Waals surface area contributed by atoms with Crippen LogP contribution in [-0.2, 0) is 32.1 Å². The molecular weight excluding hydrogens is 496 g/mol. The summed E-state index contributed by atoms with van der Waals surface area (Å²) in [5.41, 5.74) is 7.53. The van der Waals surface area contributed by atoms with E-state index in [-0.39, 0.29) is 30.7 Å². The van der Waals surface area contributed by atoms with Gasteiger partial charge >= 0.3 is 0 Å². The standard InChI is InChI=1S/C29H40N6O4/c1-7-34(19(4)36)24-13-10-11-20-16-23(27(38)35(25(20)24)17-21-12-8-9-14-31-21)32-26(37)22(15-18(2)3)33-28(39)29(5,6)30/h8-14,18,22-23H,7,15-17,30H2,1-6H3,(H,32,37)(H,33,39)/t22-,23?/m1/s1. The van der Waals surface area contributed by atoms with Gasteiger partial charge in [0.2, 0.25) is 23.6 Å². The number of nitrogens with one attached hydrogen (secondary N) is 2. The average molecular weight is 537 g/mol. The summed E-state index contributed by atoms with van der Waals surface area (Å²) in [5, 5.41) is 5.64. The number of para-hydroxylation sites is 1. The summed E-state index contributed by atoms with van der Waals surface area (Å²) < 4.78 is 0. The zero-order valence-electron chi connectivity index (χ0n) is 23.7. The number of carbonyl (C=O) groups is 4. The van der Waals surface area contributed by atoms with Gasteiger partial charge in [-0.3, -0.25) is 24.2 Å². The zero-order valence-corrected chi connectivity index (χ0v) is 23.7. The van der Waals surface area contributed by atoms with Crippen LogP contribution in [0.2, 0.25) is 0 Å². The number of amides is 4. The van der Waals surface area contributed by atoms with E-state index in [1.165, 1.54) is 6.92 Å². The maximum absolute atomic E-state index is 14.0. The fraction of sp³-hybridized carbons (Fsp3) is 0.483. The molecule has 2 atom stereocenters. The second kappa shape index (κ2) is 12.4. The molecule has 0 fully saturated rings. The maximum atomic E-state index is 14.0. The third-order valence-corrected chi connectivity index (χ3v) is 6.62. The van der Waals surface area contributed by atoms with Crippen LogP contribution in [0.3, 0.4) is 0 Å². The van der Waals surface area contributed by atoms with Gasteiger partial charge < -0.3 is 26.2 Å². The van der Waals surface area contributed by atoms with Crippen LogP contribution in [0.25, 0.3) is 0 Å². The molecule has 4 N–H and O–H groups in total. The molecule has 210 valence electrons. The number of carbonyl (C=O) groups excluding carboxylic acids is 4. The first-order valence-electron chi connectivity index (χ1n) is 13.3. The third-order valence-electron chi connectivity index (χ3n) is 6.62. The van der Waals surface area contributed by atoms with Gasteiger partial charge in [-0.1, -0.05) is 32.0 Å². The topological polar surface area (TPSA) is 138 Å². The first-order valence-corrected chi connectivity index (χ1v) is 13.3. The number of hydrogen-bond donors (Lipinski definition) is 3. The predicted molar refractivity (Wildman–Crippen MR) is 151 cm³/mol. The van der Waals surface area contributed by atoms with E-state index in [1.807, 2.05) is 51.1 Å². The Labute approximate surface area is 230 Å². The van der Waals surface area contributed by atoms with Gasteiger partial charge in [0, 0.05) is 26.1 Å². The summed E-state index contributed by atoms with van der Waals surface area (Å²) >= 11 is 0. The second-order valence-electron chi connectivity index (χ2n) is 10.9. The number of rotatable bonds is 10. The SMILES string of the molecule is CCN(C(C)=O)c1cccc2c1N(Cc1ccccn1)C(=O)C(NC(=O)[C@@H](CC(C)C)NC(=O)C(C)(C)N)C2. The lowest BCUT2D eigenvalue weighted by Gasteiger charge is -2.38. The molecule has 10 heteroatoms. The van der Waals surface area contributed by atoms with E-state index in [9.17, 15) is 19.2 Å². The van der Waals surface area contributed by atoms with Crippen LogP contribution in [0.4, 0.5) is 11.4 Å². The molecule has 2 aromatic rings. The van der Waals surface area contributed by atoms with Crippen LogP contribution in [0.1, 0.15) is 59.2 Å². The van der Waals surface area contributed by atoms with Crippen molar-refractivity contribution in [2.45, 2.75) is 78.6 Å². The molecule has 0 aliphatic carbocycles. The molecule has 0 saturated heterocycles. The Hall–Kier alpha value is -3.79. The number of benzene rings is 1. The van der Waals surface area contributed by atoms with E-state index in [2.05, 4.69) is 15.6 Å². The van der Waals surface area contributed by atoms with Gasteiger partial charge in [-0.2, -0.15) is 0 Å². The number of pyridine rings is 1. The minimum absolute atomic E-state index is 0.111. The lowest BCUT2D eigenvalue weighted by molar-refractivity contribution is -0.133. The molecule has 1 aliphatic heterocycles. The van der Waals surface area contributed by atoms with Crippen molar-refractivity contribution in [2.75, 3.05) is 16.3 Å². The molecule has 0 radical (unpaired) electrons. The highest BCUT2D eigenvalue weighted by molar-refractivity contribution is 6.07. The van der Waals surface area contributed by atoms with Gasteiger partial charge in [0.25, 0.3) is 0 Å². The fourth-order valence-electron chi connectivity index (χ4n) is 4.68. The normalized spacial score (nSPS) is 15.9. The summed E-state index contributed by atoms with van der Waals surface area (Å²) in [7, 11) is 0. The molecule has 0 bridgehead atoms. The van der Waals surface area contributed by atoms with Crippen molar-refractivity contribution in [3.8, 4) is 0 Å². The second-order valence-corrected chi connectivity index (χ2v) is 10.9. The molecule has 10 nitrogen and oxygen atoms in total. The number of anilines is 2. The maximum Gasteiger partial charge on any atom is 0.250 e. The molecule has 1 aromatic heterocycles. The fourth-order valence-corrected chi connectivity index (χ4v) is 4.68. The number of aromatic nitrogens is 1. The Balaban J connectivity index is 1.99. The minimum Gasteiger partial charge on any atom is -0.343 e. The van der Waals surface area contributed by atoms with E-state index in [4.69, 9.17) is 5.73 Å². The first-order chi connectivity index (χ1) is 18.3. The minimum atomic E-state index is -1.16. The number of nitrogens with two attached hydrogens (primary N) is 1. The first kappa shape index (κ1) is 29.8. The Bertz CT molecular complexity index is 1210. The summed E-state index contributed by atoms with van der Waals surface area (Å²) in [6.07, 6.45) is 2.28. The molecule has 0 spiro atoms. The molecule has 0 saturated carbocycles. The van der Waals surface area contributed by atoms with Crippen molar-refractivity contribution >= 4 is 35.0 Å². The van der Waals surface area contributed by atoms with E-state index in [0.29, 0.717) is 30.0 Å². The van der Waals surface area contributed by atoms with Crippen molar-refractivity contribution in [2.24, 2.45) is 11.7 Å². The smallest absolute Gasteiger partial charge is 0.250 e. The highest BCUT2D eigenvalue weighted by Gasteiger charge is 2.38. The van der Waals surface area contributed by atoms with E-state index in [0.717, 1.165) is 5.56 Å². The van der Waals surface area contributed by atoms with E-state index >= 15 is 0 Å². The lowest BCUT2D eigenvalue weighted by Crippen LogP contribution is -2.59. The van der Waals surface area contributed by atoms with Crippen LogP contribution in [-0.4, -0.2) is 52.8 Å². The summed E-state index contributed by atoms with van der Waals surface area (Å²) in [5.74, 6) is -1.24. The van der Waals surface area contributed by atoms with Crippen molar-refractivity contribution in [3.05, 3.63) is 53.9 Å². The molecule has 4 amide bonds. The average Bonchev–Trinajstić information content (AvgIpc) is 2.86. The van der Waals surface area contributed by atoms with Gasteiger partial charge in [-0.05, 0) is 56.9 Å². The number of hydrogen-bond acceptors (Lipinski definition) is 6. The predicted octanol–water partition coefficient (Wildman–Crippen LogP) is 2.30. The van der Waals surface area contributed by atoms with Gasteiger partial charge in [0.1, 0.15) is 12.1 Å². The van der Waals surface area contributed by atoms with Crippen LogP contribution in [0.15, 0.2) is 42.6 Å². The van der Waals surface area contributed by atoms with Crippen LogP contribution < -0.4 is 26.2 Å². The van der Waals surface area contributed by atoms with Crippen molar-refractivity contribution in [3.63, 3.8) is 0 Å². The molecule has 1 aromatic carbocycles. The van der Waals surface area contributed by atoms with Gasteiger partial charge in [-0.25, -0.2) is 0 Å². The quantitative estimate of drug-likeness (QED) is 0.426. The highest BCUT2D eigenvalue weighted by Crippen LogP contribution is 2.38. The van der Waals surface area contributed by atoms with Crippen LogP contribution in [0.5, 0.6) is 0 Å². The van der Waals surface area contributed by atoms with Crippen molar-refractivity contribution < 1.29 is 19.2 Å². The summed E-state index contributed by atoms with van der Waals surface area (Å²) in [4.78, 5) is 60.0. The lowest BCUT2D eigenvalue weighted by atomic mass is 9.94. The molecular formula is C29H40N6O4. The Kier molecular flexibility index (Phi) is 9.45. The monoisotopic (exact) mass is 536 g/mol. The summed E-state index contributed by atoms with van der Waals surface area (Å²) in [6, 6.07) is 9.31. The van der Waals surface area contributed by atoms with Gasteiger partial charge in [0.15, 0.2) is 0 Å². The summed E-state index contributed by atoms with van der Waals surface area (Å²) in [6.45, 7) is 11.0. The largest absolute Gasteiger partial charge is 0.343 e. The molecule has 2 heterocycles. The van der Waals surface area contributed by atoms with Gasteiger partial charge in [-0.15, -0.1) is 0 Å².